The fourth-order valence-electron chi connectivity index (χ4n) is 4.37. The highest BCUT2D eigenvalue weighted by molar-refractivity contribution is 7.89. The fourth-order valence-corrected chi connectivity index (χ4v) is 5.84. The summed E-state index contributed by atoms with van der Waals surface area (Å²) in [6.07, 6.45) is 0.611. The Labute approximate surface area is 210 Å². The van der Waals surface area contributed by atoms with Crippen molar-refractivity contribution in [2.45, 2.75) is 29.8 Å². The van der Waals surface area contributed by atoms with Gasteiger partial charge in [-0.25, -0.2) is 17.6 Å². The Balaban J connectivity index is 1.43. The third kappa shape index (κ3) is 5.85. The van der Waals surface area contributed by atoms with Crippen LogP contribution in [-0.2, 0) is 26.8 Å². The van der Waals surface area contributed by atoms with Crippen LogP contribution in [0, 0.1) is 5.82 Å². The normalized spacial score (nSPS) is 15.7. The molecule has 0 aromatic heterocycles. The topological polar surface area (TPSA) is 84.9 Å². The first-order valence-electron chi connectivity index (χ1n) is 11.7. The maximum atomic E-state index is 13.6. The molecule has 9 heteroatoms. The number of hydrogen-bond acceptors (Lipinski definition) is 5. The van der Waals surface area contributed by atoms with Gasteiger partial charge in [-0.3, -0.25) is 0 Å². The Kier molecular flexibility index (Phi) is 7.91. The smallest absolute Gasteiger partial charge is 0.408 e. The lowest BCUT2D eigenvalue weighted by Gasteiger charge is -2.41. The first-order valence-corrected chi connectivity index (χ1v) is 13.2. The van der Waals surface area contributed by atoms with Gasteiger partial charge in [-0.05, 0) is 47.9 Å². The monoisotopic (exact) mass is 512 g/mol. The summed E-state index contributed by atoms with van der Waals surface area (Å²) in [6.45, 7) is 0.649. The largest absolute Gasteiger partial charge is 0.497 e. The molecule has 0 aliphatic carbocycles. The summed E-state index contributed by atoms with van der Waals surface area (Å²) in [5.41, 5.74) is 0.877. The fraction of sp³-hybridized carbons (Fsp3) is 0.296. The van der Waals surface area contributed by atoms with Crippen LogP contribution in [-0.4, -0.2) is 45.6 Å². The van der Waals surface area contributed by atoms with E-state index in [1.807, 2.05) is 54.6 Å². The van der Waals surface area contributed by atoms with Gasteiger partial charge in [0.1, 0.15) is 17.2 Å². The predicted octanol–water partition coefficient (Wildman–Crippen LogP) is 4.48. The Bertz CT molecular complexity index is 1280. The van der Waals surface area contributed by atoms with Gasteiger partial charge >= 0.3 is 6.09 Å². The molecule has 0 saturated carbocycles. The van der Waals surface area contributed by atoms with Gasteiger partial charge in [0.2, 0.25) is 10.0 Å². The average Bonchev–Trinajstić information content (AvgIpc) is 2.90. The zero-order valence-corrected chi connectivity index (χ0v) is 20.8. The number of sulfonamides is 1. The van der Waals surface area contributed by atoms with Gasteiger partial charge in [-0.2, -0.15) is 4.31 Å². The summed E-state index contributed by atoms with van der Waals surface area (Å²) in [5, 5.41) is 2.81. The number of halogens is 1. The van der Waals surface area contributed by atoms with Crippen molar-refractivity contribution in [2.75, 3.05) is 26.7 Å². The highest BCUT2D eigenvalue weighted by atomic mass is 32.2. The number of hydrogen-bond donors (Lipinski definition) is 1. The minimum Gasteiger partial charge on any atom is -0.497 e. The van der Waals surface area contributed by atoms with Crippen LogP contribution in [0.3, 0.4) is 0 Å². The standard InChI is InChI=1S/C27H29FN2O5S/c1-34-24-12-10-21(11-13-24)14-17-29-26(31)35-27(22-6-3-2-4-7-22)15-18-30(19-16-27)36(32,33)25-9-5-8-23(28)20-25/h2-13,20H,14-19H2,1H3,(H,29,31). The van der Waals surface area contributed by atoms with Gasteiger partial charge in [0.15, 0.2) is 0 Å². The van der Waals surface area contributed by atoms with Gasteiger partial charge < -0.3 is 14.8 Å². The summed E-state index contributed by atoms with van der Waals surface area (Å²) in [5.74, 6) is 0.156. The number of carbonyl (C=O) groups excluding carboxylic acids is 1. The van der Waals surface area contributed by atoms with Gasteiger partial charge in [-0.15, -0.1) is 0 Å². The maximum absolute atomic E-state index is 13.6. The van der Waals surface area contributed by atoms with E-state index in [1.54, 1.807) is 7.11 Å². The first-order chi connectivity index (χ1) is 17.3. The summed E-state index contributed by atoms with van der Waals surface area (Å²) < 4.78 is 52.2. The van der Waals surface area contributed by atoms with E-state index >= 15 is 0 Å². The van der Waals surface area contributed by atoms with Crippen molar-refractivity contribution in [1.29, 1.82) is 0 Å². The zero-order valence-electron chi connectivity index (χ0n) is 20.0. The molecule has 36 heavy (non-hydrogen) atoms. The van der Waals surface area contributed by atoms with Gasteiger partial charge in [-0.1, -0.05) is 48.5 Å². The molecule has 0 bridgehead atoms. The number of alkyl carbamates (subject to hydrolysis) is 1. The van der Waals surface area contributed by atoms with Gasteiger partial charge in [0.05, 0.1) is 12.0 Å². The van der Waals surface area contributed by atoms with Crippen molar-refractivity contribution in [3.8, 4) is 5.75 Å². The molecule has 3 aromatic rings. The van der Waals surface area contributed by atoms with Crippen LogP contribution in [0.15, 0.2) is 83.8 Å². The van der Waals surface area contributed by atoms with Crippen LogP contribution in [0.1, 0.15) is 24.0 Å². The van der Waals surface area contributed by atoms with E-state index in [0.717, 1.165) is 22.9 Å². The van der Waals surface area contributed by atoms with E-state index in [-0.39, 0.29) is 30.8 Å². The second-order valence-electron chi connectivity index (χ2n) is 8.64. The van der Waals surface area contributed by atoms with Crippen molar-refractivity contribution in [1.82, 2.24) is 9.62 Å². The first kappa shape index (κ1) is 25.7. The molecule has 1 heterocycles. The highest BCUT2D eigenvalue weighted by Gasteiger charge is 2.43. The Morgan fingerprint density at radius 1 is 1.00 bits per heavy atom. The summed E-state index contributed by atoms with van der Waals surface area (Å²) in [6, 6.07) is 21.9. The van der Waals surface area contributed by atoms with E-state index in [1.165, 1.54) is 22.5 Å². The van der Waals surface area contributed by atoms with E-state index in [9.17, 15) is 17.6 Å². The molecule has 1 N–H and O–H groups in total. The van der Waals surface area contributed by atoms with Gasteiger partial charge in [0, 0.05) is 32.5 Å². The summed E-state index contributed by atoms with van der Waals surface area (Å²) >= 11 is 0. The van der Waals surface area contributed by atoms with Gasteiger partial charge in [0.25, 0.3) is 0 Å². The predicted molar refractivity (Wildman–Crippen MR) is 134 cm³/mol. The van der Waals surface area contributed by atoms with E-state index in [0.29, 0.717) is 13.0 Å². The average molecular weight is 513 g/mol. The third-order valence-corrected chi connectivity index (χ3v) is 8.29. The van der Waals surface area contributed by atoms with Crippen molar-refractivity contribution >= 4 is 16.1 Å². The summed E-state index contributed by atoms with van der Waals surface area (Å²) in [7, 11) is -2.26. The number of nitrogens with one attached hydrogen (secondary N) is 1. The molecule has 1 aliphatic heterocycles. The minimum atomic E-state index is -3.87. The van der Waals surface area contributed by atoms with E-state index < -0.39 is 27.5 Å². The van der Waals surface area contributed by atoms with Crippen LogP contribution >= 0.6 is 0 Å². The molecular weight excluding hydrogens is 483 g/mol. The molecule has 1 saturated heterocycles. The lowest BCUT2D eigenvalue weighted by molar-refractivity contribution is -0.0276. The number of benzene rings is 3. The van der Waals surface area contributed by atoms with Crippen LogP contribution in [0.5, 0.6) is 5.75 Å². The number of piperidine rings is 1. The molecule has 190 valence electrons. The number of carbonyl (C=O) groups is 1. The molecule has 7 nitrogen and oxygen atoms in total. The molecule has 0 atom stereocenters. The van der Waals surface area contributed by atoms with Crippen LogP contribution < -0.4 is 10.1 Å². The lowest BCUT2D eigenvalue weighted by Crippen LogP contribution is -2.48. The van der Waals surface area contributed by atoms with E-state index in [2.05, 4.69) is 5.32 Å². The molecule has 3 aromatic carbocycles. The highest BCUT2D eigenvalue weighted by Crippen LogP contribution is 2.38. The molecule has 0 unspecified atom stereocenters. The molecule has 1 fully saturated rings. The molecule has 1 aliphatic rings. The quantitative estimate of drug-likeness (QED) is 0.481. The van der Waals surface area contributed by atoms with Crippen molar-refractivity contribution < 1.29 is 27.1 Å². The van der Waals surface area contributed by atoms with Crippen molar-refractivity contribution in [3.63, 3.8) is 0 Å². The van der Waals surface area contributed by atoms with Crippen LogP contribution in [0.2, 0.25) is 0 Å². The van der Waals surface area contributed by atoms with E-state index in [4.69, 9.17) is 9.47 Å². The molecule has 0 radical (unpaired) electrons. The van der Waals surface area contributed by atoms with Crippen molar-refractivity contribution in [3.05, 3.63) is 95.8 Å². The maximum Gasteiger partial charge on any atom is 0.408 e. The summed E-state index contributed by atoms with van der Waals surface area (Å²) in [4.78, 5) is 12.7. The number of ether oxygens (including phenoxy) is 2. The zero-order chi connectivity index (χ0) is 25.6. The second kappa shape index (κ2) is 11.1. The molecule has 0 spiro atoms. The minimum absolute atomic E-state index is 0.0908. The number of amides is 1. The number of rotatable bonds is 8. The Morgan fingerprint density at radius 3 is 2.33 bits per heavy atom. The SMILES string of the molecule is COc1ccc(CCNC(=O)OC2(c3ccccc3)CCN(S(=O)(=O)c3cccc(F)c3)CC2)cc1. The Morgan fingerprint density at radius 2 is 1.69 bits per heavy atom. The van der Waals surface area contributed by atoms with Crippen LogP contribution in [0.4, 0.5) is 9.18 Å². The number of methoxy groups -OCH3 is 1. The lowest BCUT2D eigenvalue weighted by atomic mass is 9.85. The Hall–Kier alpha value is -3.43. The molecule has 4 rings (SSSR count). The van der Waals surface area contributed by atoms with Crippen LogP contribution in [0.25, 0.3) is 0 Å². The van der Waals surface area contributed by atoms with Crippen molar-refractivity contribution in [2.24, 2.45) is 0 Å². The third-order valence-electron chi connectivity index (χ3n) is 6.39. The number of nitrogens with zero attached hydrogens (tertiary/aromatic N) is 1. The second-order valence-corrected chi connectivity index (χ2v) is 10.6. The molecular formula is C27H29FN2O5S. The molecule has 1 amide bonds.